The van der Waals surface area contributed by atoms with Gasteiger partial charge in [-0.1, -0.05) is 46.9 Å². The quantitative estimate of drug-likeness (QED) is 0.402. The van der Waals surface area contributed by atoms with Crippen molar-refractivity contribution in [2.45, 2.75) is 51.9 Å². The Balaban J connectivity index is 2.99. The van der Waals surface area contributed by atoms with E-state index >= 15 is 0 Å². The van der Waals surface area contributed by atoms with Crippen molar-refractivity contribution in [2.75, 3.05) is 0 Å². The highest BCUT2D eigenvalue weighted by Crippen LogP contribution is 2.44. The number of hydrogen-bond donors (Lipinski definition) is 0. The van der Waals surface area contributed by atoms with E-state index in [9.17, 15) is 4.79 Å². The van der Waals surface area contributed by atoms with E-state index in [1.807, 2.05) is 13.0 Å². The van der Waals surface area contributed by atoms with Gasteiger partial charge in [-0.15, -0.1) is 6.58 Å². The van der Waals surface area contributed by atoms with Gasteiger partial charge in [-0.05, 0) is 5.04 Å². The molecule has 3 heteroatoms. The van der Waals surface area contributed by atoms with E-state index < -0.39 is 8.24 Å². The van der Waals surface area contributed by atoms with Crippen LogP contribution in [0, 0.1) is 5.92 Å². The summed E-state index contributed by atoms with van der Waals surface area (Å²) < 4.78 is 2.12. The van der Waals surface area contributed by atoms with Crippen LogP contribution in [0.5, 0.6) is 0 Å². The van der Waals surface area contributed by atoms with Gasteiger partial charge in [0, 0.05) is 0 Å². The van der Waals surface area contributed by atoms with E-state index in [2.05, 4.69) is 45.0 Å². The lowest BCUT2D eigenvalue weighted by Gasteiger charge is -2.57. The van der Waals surface area contributed by atoms with Crippen LogP contribution in [0.1, 0.15) is 27.7 Å². The van der Waals surface area contributed by atoms with Crippen molar-refractivity contribution in [1.29, 1.82) is 0 Å². The molecule has 0 aromatic carbocycles. The van der Waals surface area contributed by atoms with Crippen molar-refractivity contribution in [3.63, 3.8) is 0 Å². The monoisotopic (exact) mass is 225 g/mol. The Bertz CT molecular complexity index is 290. The Morgan fingerprint density at radius 1 is 1.40 bits per heavy atom. The molecule has 1 fully saturated rings. The highest BCUT2D eigenvalue weighted by atomic mass is 28.3. The zero-order valence-electron chi connectivity index (χ0n) is 10.8. The summed E-state index contributed by atoms with van der Waals surface area (Å²) >= 11 is 0. The van der Waals surface area contributed by atoms with Crippen LogP contribution in [-0.2, 0) is 4.79 Å². The summed E-state index contributed by atoms with van der Waals surface area (Å²) in [7, 11) is -1.70. The third-order valence-electron chi connectivity index (χ3n) is 4.12. The molecular formula is C12H23NOSi. The number of hydrogen-bond acceptors (Lipinski definition) is 1. The molecule has 0 saturated carbocycles. The Morgan fingerprint density at radius 3 is 2.20 bits per heavy atom. The second-order valence-corrected chi connectivity index (χ2v) is 11.1. The Labute approximate surface area is 94.4 Å². The fraction of sp³-hybridized carbons (Fsp3) is 0.750. The van der Waals surface area contributed by atoms with Crippen LogP contribution in [0.15, 0.2) is 12.7 Å². The molecule has 2 nitrogen and oxygen atoms in total. The van der Waals surface area contributed by atoms with E-state index in [0.29, 0.717) is 5.91 Å². The van der Waals surface area contributed by atoms with Crippen LogP contribution >= 0.6 is 0 Å². The van der Waals surface area contributed by atoms with Gasteiger partial charge in [0.25, 0.3) is 0 Å². The van der Waals surface area contributed by atoms with E-state index in [4.69, 9.17) is 0 Å². The lowest BCUT2D eigenvalue weighted by molar-refractivity contribution is -0.144. The van der Waals surface area contributed by atoms with Gasteiger partial charge in [-0.25, -0.2) is 0 Å². The molecule has 15 heavy (non-hydrogen) atoms. The van der Waals surface area contributed by atoms with E-state index in [0.717, 1.165) is 0 Å². The van der Waals surface area contributed by atoms with Gasteiger partial charge in [0.15, 0.2) is 8.24 Å². The van der Waals surface area contributed by atoms with Crippen LogP contribution in [-0.4, -0.2) is 24.7 Å². The summed E-state index contributed by atoms with van der Waals surface area (Å²) in [6.45, 7) is 17.1. The van der Waals surface area contributed by atoms with Gasteiger partial charge in [-0.3, -0.25) is 4.79 Å². The Kier molecular flexibility index (Phi) is 2.90. The molecule has 1 amide bonds. The average molecular weight is 225 g/mol. The summed E-state index contributed by atoms with van der Waals surface area (Å²) in [5, 5.41) is 0.212. The van der Waals surface area contributed by atoms with E-state index in [1.165, 1.54) is 0 Å². The maximum absolute atomic E-state index is 11.9. The molecule has 0 spiro atoms. The smallest absolute Gasteiger partial charge is 0.220 e. The Morgan fingerprint density at radius 2 is 1.87 bits per heavy atom. The zero-order chi connectivity index (χ0) is 12.0. The fourth-order valence-electron chi connectivity index (χ4n) is 1.97. The molecule has 0 bridgehead atoms. The summed E-state index contributed by atoms with van der Waals surface area (Å²) in [6, 6.07) is 0.262. The first-order valence-corrected chi connectivity index (χ1v) is 8.55. The van der Waals surface area contributed by atoms with Crippen molar-refractivity contribution in [2.24, 2.45) is 5.92 Å². The molecular weight excluding hydrogens is 202 g/mol. The molecule has 1 aliphatic heterocycles. The SMILES string of the molecule is C=C[C@@H]1[C@@H](C)C(=O)N1[Si](C)(C)C(C)(C)C. The van der Waals surface area contributed by atoms with Crippen LogP contribution in [0.3, 0.4) is 0 Å². The minimum atomic E-state index is -1.70. The minimum Gasteiger partial charge on any atom is -0.362 e. The van der Waals surface area contributed by atoms with Gasteiger partial charge < -0.3 is 4.57 Å². The first kappa shape index (κ1) is 12.5. The highest BCUT2D eigenvalue weighted by Gasteiger charge is 2.54. The predicted octanol–water partition coefficient (Wildman–Crippen LogP) is 3.02. The van der Waals surface area contributed by atoms with Gasteiger partial charge in [0.1, 0.15) is 0 Å². The predicted molar refractivity (Wildman–Crippen MR) is 67.2 cm³/mol. The molecule has 1 rings (SSSR count). The number of β-lactam (4-membered cyclic amide) rings is 1. The molecule has 0 N–H and O–H groups in total. The number of carbonyl (C=O) groups is 1. The fourth-order valence-corrected chi connectivity index (χ4v) is 4.52. The minimum absolute atomic E-state index is 0.136. The second kappa shape index (κ2) is 3.48. The molecule has 0 unspecified atom stereocenters. The number of rotatable bonds is 2. The van der Waals surface area contributed by atoms with Crippen LogP contribution in [0.25, 0.3) is 0 Å². The first-order chi connectivity index (χ1) is 6.64. The Hall–Kier alpha value is -0.573. The molecule has 86 valence electrons. The average Bonchev–Trinajstić information content (AvgIpc) is 2.09. The molecule has 0 aromatic rings. The third kappa shape index (κ3) is 1.67. The van der Waals surface area contributed by atoms with E-state index in [1.54, 1.807) is 0 Å². The molecule has 1 heterocycles. The summed E-state index contributed by atoms with van der Waals surface area (Å²) in [6.07, 6.45) is 1.92. The first-order valence-electron chi connectivity index (χ1n) is 5.60. The molecule has 0 aliphatic carbocycles. The highest BCUT2D eigenvalue weighted by molar-refractivity contribution is 6.80. The lowest BCUT2D eigenvalue weighted by atomic mass is 9.93. The second-order valence-electron chi connectivity index (χ2n) is 6.03. The van der Waals surface area contributed by atoms with Crippen molar-refractivity contribution >= 4 is 14.1 Å². The van der Waals surface area contributed by atoms with Crippen molar-refractivity contribution in [3.8, 4) is 0 Å². The maximum atomic E-state index is 11.9. The van der Waals surface area contributed by atoms with Crippen LogP contribution < -0.4 is 0 Å². The largest absolute Gasteiger partial charge is 0.362 e. The summed E-state index contributed by atoms with van der Waals surface area (Å²) in [5.74, 6) is 0.447. The van der Waals surface area contributed by atoms with Gasteiger partial charge in [0.2, 0.25) is 5.91 Å². The number of carbonyl (C=O) groups excluding carboxylic acids is 1. The summed E-state index contributed by atoms with van der Waals surface area (Å²) in [4.78, 5) is 11.9. The van der Waals surface area contributed by atoms with Crippen molar-refractivity contribution in [1.82, 2.24) is 4.57 Å². The molecule has 0 radical (unpaired) electrons. The summed E-state index contributed by atoms with van der Waals surface area (Å²) in [5.41, 5.74) is 0. The van der Waals surface area contributed by atoms with Crippen molar-refractivity contribution < 1.29 is 4.79 Å². The lowest BCUT2D eigenvalue weighted by Crippen LogP contribution is -2.71. The van der Waals surface area contributed by atoms with Crippen molar-refractivity contribution in [3.05, 3.63) is 12.7 Å². The van der Waals surface area contributed by atoms with E-state index in [-0.39, 0.29) is 17.0 Å². The maximum Gasteiger partial charge on any atom is 0.220 e. The number of amides is 1. The zero-order valence-corrected chi connectivity index (χ0v) is 11.8. The normalized spacial score (nSPS) is 27.6. The van der Waals surface area contributed by atoms with Gasteiger partial charge in [0.05, 0.1) is 12.0 Å². The van der Waals surface area contributed by atoms with Gasteiger partial charge in [-0.2, -0.15) is 0 Å². The third-order valence-corrected chi connectivity index (χ3v) is 9.51. The number of nitrogens with zero attached hydrogens (tertiary/aromatic N) is 1. The standard InChI is InChI=1S/C12H23NOSi/c1-8-10-9(2)11(14)13(10)15(6,7)12(3,4)5/h8-10H,1H2,2-7H3/t9-,10-/m1/s1. The molecule has 1 saturated heterocycles. The van der Waals surface area contributed by atoms with Crippen LogP contribution in [0.2, 0.25) is 18.1 Å². The topological polar surface area (TPSA) is 20.3 Å². The molecule has 0 aromatic heterocycles. The molecule has 1 aliphatic rings. The van der Waals surface area contributed by atoms with Crippen LogP contribution in [0.4, 0.5) is 0 Å². The molecule has 2 atom stereocenters. The van der Waals surface area contributed by atoms with Gasteiger partial charge >= 0.3 is 0 Å².